The van der Waals surface area contributed by atoms with Crippen molar-refractivity contribution in [3.63, 3.8) is 0 Å². The van der Waals surface area contributed by atoms with Crippen molar-refractivity contribution in [3.8, 4) is 5.75 Å². The van der Waals surface area contributed by atoms with Crippen molar-refractivity contribution in [2.75, 3.05) is 23.9 Å². The number of benzene rings is 2. The van der Waals surface area contributed by atoms with Gasteiger partial charge in [0.15, 0.2) is 0 Å². The maximum absolute atomic E-state index is 12.9. The van der Waals surface area contributed by atoms with Gasteiger partial charge in [0.25, 0.3) is 5.91 Å². The summed E-state index contributed by atoms with van der Waals surface area (Å²) in [6.07, 6.45) is 1.87. The molecule has 1 heterocycles. The number of carbonyl (C=O) groups excluding carboxylic acids is 2. The van der Waals surface area contributed by atoms with Gasteiger partial charge in [-0.1, -0.05) is 0 Å². The highest BCUT2D eigenvalue weighted by Gasteiger charge is 2.23. The van der Waals surface area contributed by atoms with Crippen LogP contribution in [0.4, 0.5) is 11.4 Å². The summed E-state index contributed by atoms with van der Waals surface area (Å²) in [5.41, 5.74) is 3.36. The van der Waals surface area contributed by atoms with Crippen LogP contribution in [0.5, 0.6) is 5.75 Å². The maximum atomic E-state index is 12.9. The smallest absolute Gasteiger partial charge is 0.258 e. The first-order valence-electron chi connectivity index (χ1n) is 7.95. The molecule has 0 bridgehead atoms. The number of methoxy groups -OCH3 is 1. The molecule has 0 aromatic heterocycles. The third-order valence-corrected chi connectivity index (χ3v) is 4.10. The molecule has 0 saturated heterocycles. The second-order valence-corrected chi connectivity index (χ2v) is 5.81. The molecule has 2 amide bonds. The highest BCUT2D eigenvalue weighted by Crippen LogP contribution is 2.31. The van der Waals surface area contributed by atoms with Crippen LogP contribution in [0.3, 0.4) is 0 Å². The first kappa shape index (κ1) is 16.1. The van der Waals surface area contributed by atoms with E-state index in [2.05, 4.69) is 5.32 Å². The van der Waals surface area contributed by atoms with E-state index < -0.39 is 0 Å². The van der Waals surface area contributed by atoms with Crippen molar-refractivity contribution in [2.45, 2.75) is 19.8 Å². The molecule has 2 aromatic rings. The van der Waals surface area contributed by atoms with Gasteiger partial charge in [0.05, 0.1) is 7.11 Å². The molecule has 0 unspecified atom stereocenters. The molecule has 0 radical (unpaired) electrons. The fourth-order valence-corrected chi connectivity index (χ4v) is 2.97. The number of anilines is 2. The molecular formula is C19H20N2O3. The lowest BCUT2D eigenvalue weighted by Gasteiger charge is -2.30. The van der Waals surface area contributed by atoms with Crippen LogP contribution < -0.4 is 15.0 Å². The quantitative estimate of drug-likeness (QED) is 0.943. The number of nitrogens with zero attached hydrogens (tertiary/aromatic N) is 1. The largest absolute Gasteiger partial charge is 0.497 e. The number of fused-ring (bicyclic) bond motifs is 1. The van der Waals surface area contributed by atoms with Gasteiger partial charge in [0, 0.05) is 30.4 Å². The molecule has 0 saturated carbocycles. The maximum Gasteiger partial charge on any atom is 0.258 e. The monoisotopic (exact) mass is 324 g/mol. The third kappa shape index (κ3) is 3.25. The molecule has 2 aromatic carbocycles. The van der Waals surface area contributed by atoms with Crippen LogP contribution in [-0.2, 0) is 11.2 Å². The minimum atomic E-state index is -0.131. The predicted molar refractivity (Wildman–Crippen MR) is 93.7 cm³/mol. The molecule has 3 rings (SSSR count). The molecule has 0 atom stereocenters. The molecule has 1 aliphatic rings. The van der Waals surface area contributed by atoms with Gasteiger partial charge >= 0.3 is 0 Å². The van der Waals surface area contributed by atoms with Crippen LogP contribution in [0.25, 0.3) is 0 Å². The second kappa shape index (κ2) is 6.74. The van der Waals surface area contributed by atoms with Crippen LogP contribution in [0.2, 0.25) is 0 Å². The van der Waals surface area contributed by atoms with Gasteiger partial charge in [-0.3, -0.25) is 9.59 Å². The van der Waals surface area contributed by atoms with Gasteiger partial charge < -0.3 is 15.0 Å². The SMILES string of the molecule is COc1ccc2c(c1)CCCN2C(=O)c1ccc(NC(C)=O)cc1. The number of ether oxygens (including phenoxy) is 1. The van der Waals surface area contributed by atoms with Gasteiger partial charge in [-0.15, -0.1) is 0 Å². The van der Waals surface area contributed by atoms with E-state index in [0.29, 0.717) is 17.8 Å². The summed E-state index contributed by atoms with van der Waals surface area (Å²) in [7, 11) is 1.64. The van der Waals surface area contributed by atoms with Crippen LogP contribution in [0.1, 0.15) is 29.3 Å². The molecule has 24 heavy (non-hydrogen) atoms. The topological polar surface area (TPSA) is 58.6 Å². The Labute approximate surface area is 141 Å². The lowest BCUT2D eigenvalue weighted by atomic mass is 10.0. The van der Waals surface area contributed by atoms with E-state index in [1.807, 2.05) is 23.1 Å². The first-order chi connectivity index (χ1) is 11.6. The summed E-state index contributed by atoms with van der Waals surface area (Å²) in [5, 5.41) is 2.70. The number of nitrogens with one attached hydrogen (secondary N) is 1. The average Bonchev–Trinajstić information content (AvgIpc) is 2.60. The summed E-state index contributed by atoms with van der Waals surface area (Å²) >= 11 is 0. The Hall–Kier alpha value is -2.82. The number of aryl methyl sites for hydroxylation is 1. The minimum absolute atomic E-state index is 0.0320. The van der Waals surface area contributed by atoms with E-state index in [1.54, 1.807) is 31.4 Å². The average molecular weight is 324 g/mol. The number of hydrogen-bond acceptors (Lipinski definition) is 3. The molecule has 0 spiro atoms. The molecule has 5 nitrogen and oxygen atoms in total. The summed E-state index contributed by atoms with van der Waals surface area (Å²) in [6.45, 7) is 2.16. The van der Waals surface area contributed by atoms with E-state index in [-0.39, 0.29) is 11.8 Å². The highest BCUT2D eigenvalue weighted by atomic mass is 16.5. The fraction of sp³-hybridized carbons (Fsp3) is 0.263. The van der Waals surface area contributed by atoms with Gasteiger partial charge in [-0.05, 0) is 60.9 Å². The number of rotatable bonds is 3. The summed E-state index contributed by atoms with van der Waals surface area (Å²) in [4.78, 5) is 25.7. The molecule has 0 aliphatic carbocycles. The Balaban J connectivity index is 1.85. The van der Waals surface area contributed by atoms with Crippen LogP contribution in [0, 0.1) is 0 Å². The standard InChI is InChI=1S/C19H20N2O3/c1-13(22)20-16-7-5-14(6-8-16)19(23)21-11-3-4-15-12-17(24-2)9-10-18(15)21/h5-10,12H,3-4,11H2,1-2H3,(H,20,22). The highest BCUT2D eigenvalue weighted by molar-refractivity contribution is 6.07. The van der Waals surface area contributed by atoms with Crippen molar-refractivity contribution in [1.82, 2.24) is 0 Å². The van der Waals surface area contributed by atoms with E-state index in [9.17, 15) is 9.59 Å². The van der Waals surface area contributed by atoms with Crippen LogP contribution >= 0.6 is 0 Å². The minimum Gasteiger partial charge on any atom is -0.497 e. The number of amides is 2. The van der Waals surface area contributed by atoms with E-state index in [1.165, 1.54) is 6.92 Å². The Morgan fingerprint density at radius 1 is 1.12 bits per heavy atom. The summed E-state index contributed by atoms with van der Waals surface area (Å²) < 4.78 is 5.27. The normalized spacial score (nSPS) is 13.2. The Morgan fingerprint density at radius 3 is 2.54 bits per heavy atom. The zero-order valence-corrected chi connectivity index (χ0v) is 13.8. The van der Waals surface area contributed by atoms with Crippen molar-refractivity contribution < 1.29 is 14.3 Å². The summed E-state index contributed by atoms with van der Waals surface area (Å²) in [6, 6.07) is 12.8. The lowest BCUT2D eigenvalue weighted by Crippen LogP contribution is -2.35. The molecule has 124 valence electrons. The fourth-order valence-electron chi connectivity index (χ4n) is 2.97. The lowest BCUT2D eigenvalue weighted by molar-refractivity contribution is -0.114. The Morgan fingerprint density at radius 2 is 1.88 bits per heavy atom. The van der Waals surface area contributed by atoms with Crippen molar-refractivity contribution >= 4 is 23.2 Å². The Kier molecular flexibility index (Phi) is 4.51. The number of carbonyl (C=O) groups is 2. The molecular weight excluding hydrogens is 304 g/mol. The van der Waals surface area contributed by atoms with E-state index >= 15 is 0 Å². The van der Waals surface area contributed by atoms with Gasteiger partial charge in [0.2, 0.25) is 5.91 Å². The second-order valence-electron chi connectivity index (χ2n) is 5.81. The molecule has 5 heteroatoms. The van der Waals surface area contributed by atoms with Crippen LogP contribution in [0.15, 0.2) is 42.5 Å². The van der Waals surface area contributed by atoms with Crippen molar-refractivity contribution in [3.05, 3.63) is 53.6 Å². The van der Waals surface area contributed by atoms with E-state index in [0.717, 1.165) is 29.8 Å². The number of hydrogen-bond donors (Lipinski definition) is 1. The van der Waals surface area contributed by atoms with Gasteiger partial charge in [-0.2, -0.15) is 0 Å². The van der Waals surface area contributed by atoms with Gasteiger partial charge in [0.1, 0.15) is 5.75 Å². The van der Waals surface area contributed by atoms with Crippen molar-refractivity contribution in [2.24, 2.45) is 0 Å². The zero-order chi connectivity index (χ0) is 17.1. The third-order valence-electron chi connectivity index (χ3n) is 4.10. The predicted octanol–water partition coefficient (Wildman–Crippen LogP) is 3.25. The first-order valence-corrected chi connectivity index (χ1v) is 7.95. The zero-order valence-electron chi connectivity index (χ0n) is 13.8. The summed E-state index contributed by atoms with van der Waals surface area (Å²) in [5.74, 6) is 0.645. The van der Waals surface area contributed by atoms with Crippen LogP contribution in [-0.4, -0.2) is 25.5 Å². The molecule has 1 aliphatic heterocycles. The Bertz CT molecular complexity index is 769. The molecule has 1 N–H and O–H groups in total. The van der Waals surface area contributed by atoms with E-state index in [4.69, 9.17) is 4.74 Å². The molecule has 0 fully saturated rings. The van der Waals surface area contributed by atoms with Crippen molar-refractivity contribution in [1.29, 1.82) is 0 Å². The van der Waals surface area contributed by atoms with Gasteiger partial charge in [-0.25, -0.2) is 0 Å².